The second kappa shape index (κ2) is 6.18. The number of benzene rings is 1. The van der Waals surface area contributed by atoms with Crippen LogP contribution in [0, 0.1) is 0 Å². The summed E-state index contributed by atoms with van der Waals surface area (Å²) in [6.45, 7) is 0.824. The zero-order valence-corrected chi connectivity index (χ0v) is 13.3. The van der Waals surface area contributed by atoms with Crippen LogP contribution in [0.1, 0.15) is 36.0 Å². The van der Waals surface area contributed by atoms with Crippen molar-refractivity contribution in [1.29, 1.82) is 0 Å². The molecule has 5 heteroatoms. The molecule has 1 aliphatic carbocycles. The lowest BCUT2D eigenvalue weighted by Crippen LogP contribution is -2.30. The molecule has 1 aliphatic rings. The van der Waals surface area contributed by atoms with Gasteiger partial charge in [-0.2, -0.15) is 11.8 Å². The molecular formula is C14H18BrNO2S. The van der Waals surface area contributed by atoms with E-state index >= 15 is 0 Å². The maximum Gasteiger partial charge on any atom is 0.338 e. The van der Waals surface area contributed by atoms with E-state index in [2.05, 4.69) is 27.5 Å². The average Bonchev–Trinajstić information content (AvgIpc) is 2.85. The molecule has 0 unspecified atom stereocenters. The summed E-state index contributed by atoms with van der Waals surface area (Å²) in [6, 6.07) is 5.45. The minimum Gasteiger partial charge on any atom is -0.478 e. The van der Waals surface area contributed by atoms with Crippen LogP contribution in [-0.2, 0) is 0 Å². The lowest BCUT2D eigenvalue weighted by molar-refractivity contribution is 0.0697. The van der Waals surface area contributed by atoms with Gasteiger partial charge in [0.2, 0.25) is 0 Å². The van der Waals surface area contributed by atoms with Crippen molar-refractivity contribution >= 4 is 39.3 Å². The molecule has 19 heavy (non-hydrogen) atoms. The van der Waals surface area contributed by atoms with Gasteiger partial charge in [-0.25, -0.2) is 4.79 Å². The summed E-state index contributed by atoms with van der Waals surface area (Å²) in [5.41, 5.74) is 1.01. The van der Waals surface area contributed by atoms with Gasteiger partial charge >= 0.3 is 5.97 Å². The number of nitrogens with one attached hydrogen (secondary N) is 1. The highest BCUT2D eigenvalue weighted by Gasteiger charge is 2.33. The second-order valence-corrected chi connectivity index (χ2v) is 7.04. The van der Waals surface area contributed by atoms with Crippen molar-refractivity contribution in [1.82, 2.24) is 0 Å². The lowest BCUT2D eigenvalue weighted by atomic mass is 10.1. The molecule has 0 radical (unpaired) electrons. The van der Waals surface area contributed by atoms with E-state index in [1.807, 2.05) is 23.9 Å². The first-order valence-corrected chi connectivity index (χ1v) is 8.41. The number of hydrogen-bond acceptors (Lipinski definition) is 3. The SMILES string of the molecule is CSC1(CNc2cccc(Br)c2C(=O)O)CCCC1. The van der Waals surface area contributed by atoms with Gasteiger partial charge in [-0.1, -0.05) is 18.9 Å². The third kappa shape index (κ3) is 3.26. The highest BCUT2D eigenvalue weighted by atomic mass is 79.9. The first-order chi connectivity index (χ1) is 9.08. The topological polar surface area (TPSA) is 49.3 Å². The molecule has 0 heterocycles. The summed E-state index contributed by atoms with van der Waals surface area (Å²) < 4.78 is 0.882. The zero-order chi connectivity index (χ0) is 13.9. The van der Waals surface area contributed by atoms with Crippen molar-refractivity contribution in [2.45, 2.75) is 30.4 Å². The number of thioether (sulfide) groups is 1. The van der Waals surface area contributed by atoms with E-state index in [0.717, 1.165) is 6.54 Å². The third-order valence-corrected chi connectivity index (χ3v) is 5.86. The Morgan fingerprint density at radius 2 is 2.16 bits per heavy atom. The summed E-state index contributed by atoms with van der Waals surface area (Å²) in [4.78, 5) is 11.3. The van der Waals surface area contributed by atoms with Crippen LogP contribution in [0.2, 0.25) is 0 Å². The van der Waals surface area contributed by atoms with Crippen molar-refractivity contribution in [2.75, 3.05) is 18.1 Å². The molecule has 0 aliphatic heterocycles. The molecule has 0 spiro atoms. The van der Waals surface area contributed by atoms with Gasteiger partial charge in [-0.05, 0) is 47.2 Å². The van der Waals surface area contributed by atoms with E-state index in [4.69, 9.17) is 0 Å². The molecule has 1 saturated carbocycles. The number of hydrogen-bond donors (Lipinski definition) is 2. The first kappa shape index (κ1) is 14.7. The molecule has 2 rings (SSSR count). The summed E-state index contributed by atoms with van der Waals surface area (Å²) in [7, 11) is 0. The summed E-state index contributed by atoms with van der Waals surface area (Å²) >= 11 is 5.20. The van der Waals surface area contributed by atoms with Crippen LogP contribution in [0.4, 0.5) is 5.69 Å². The van der Waals surface area contributed by atoms with Crippen molar-refractivity contribution in [2.24, 2.45) is 0 Å². The Morgan fingerprint density at radius 1 is 1.47 bits per heavy atom. The summed E-state index contributed by atoms with van der Waals surface area (Å²) in [5.74, 6) is -0.903. The Balaban J connectivity index is 2.15. The Hall–Kier alpha value is -0.680. The van der Waals surface area contributed by atoms with Crippen LogP contribution < -0.4 is 5.32 Å². The number of carbonyl (C=O) groups is 1. The zero-order valence-electron chi connectivity index (χ0n) is 10.9. The predicted molar refractivity (Wildman–Crippen MR) is 84.3 cm³/mol. The largest absolute Gasteiger partial charge is 0.478 e. The molecule has 0 aromatic heterocycles. The third-order valence-electron chi connectivity index (χ3n) is 3.78. The standard InChI is InChI=1S/C14H18BrNO2S/c1-19-14(7-2-3-8-14)9-16-11-6-4-5-10(15)12(11)13(17)18/h4-6,16H,2-3,7-9H2,1H3,(H,17,18). The molecule has 0 atom stereocenters. The highest BCUT2D eigenvalue weighted by Crippen LogP contribution is 2.40. The van der Waals surface area contributed by atoms with Gasteiger partial charge in [0.25, 0.3) is 0 Å². The van der Waals surface area contributed by atoms with Crippen LogP contribution in [0.25, 0.3) is 0 Å². The smallest absolute Gasteiger partial charge is 0.338 e. The summed E-state index contributed by atoms with van der Waals surface area (Å²) in [5, 5.41) is 12.6. The van der Waals surface area contributed by atoms with E-state index < -0.39 is 5.97 Å². The molecule has 1 aromatic rings. The average molecular weight is 344 g/mol. The highest BCUT2D eigenvalue weighted by molar-refractivity contribution is 9.10. The molecule has 0 bridgehead atoms. The van der Waals surface area contributed by atoms with Crippen molar-refractivity contribution in [3.8, 4) is 0 Å². The number of rotatable bonds is 5. The molecule has 1 fully saturated rings. The maximum absolute atomic E-state index is 11.3. The lowest BCUT2D eigenvalue weighted by Gasteiger charge is -2.28. The molecule has 0 saturated heterocycles. The van der Waals surface area contributed by atoms with Gasteiger partial charge in [0.1, 0.15) is 0 Å². The molecule has 1 aromatic carbocycles. The Bertz CT molecular complexity index is 473. The predicted octanol–water partition coefficient (Wildman–Crippen LogP) is 4.24. The summed E-state index contributed by atoms with van der Waals surface area (Å²) in [6.07, 6.45) is 7.10. The Kier molecular flexibility index (Phi) is 4.79. The monoisotopic (exact) mass is 343 g/mol. The molecule has 0 amide bonds. The first-order valence-electron chi connectivity index (χ1n) is 6.39. The Morgan fingerprint density at radius 3 is 2.74 bits per heavy atom. The number of anilines is 1. The number of aromatic carboxylic acids is 1. The minimum atomic E-state index is -0.903. The minimum absolute atomic E-state index is 0.262. The van der Waals surface area contributed by atoms with Crippen LogP contribution in [-0.4, -0.2) is 28.6 Å². The van der Waals surface area contributed by atoms with Gasteiger partial charge in [-0.3, -0.25) is 0 Å². The molecule has 104 valence electrons. The van der Waals surface area contributed by atoms with Crippen molar-refractivity contribution in [3.05, 3.63) is 28.2 Å². The van der Waals surface area contributed by atoms with Crippen LogP contribution in [0.5, 0.6) is 0 Å². The van der Waals surface area contributed by atoms with Crippen molar-refractivity contribution < 1.29 is 9.90 Å². The van der Waals surface area contributed by atoms with Gasteiger partial charge < -0.3 is 10.4 Å². The number of halogens is 1. The second-order valence-electron chi connectivity index (χ2n) is 4.92. The van der Waals surface area contributed by atoms with E-state index in [9.17, 15) is 9.90 Å². The molecule has 3 nitrogen and oxygen atoms in total. The van der Waals surface area contributed by atoms with E-state index in [-0.39, 0.29) is 4.75 Å². The van der Waals surface area contributed by atoms with E-state index in [1.165, 1.54) is 25.7 Å². The van der Waals surface area contributed by atoms with E-state index in [1.54, 1.807) is 6.07 Å². The molecular weight excluding hydrogens is 326 g/mol. The fraction of sp³-hybridized carbons (Fsp3) is 0.500. The van der Waals surface area contributed by atoms with Gasteiger partial charge in [0.05, 0.1) is 5.56 Å². The van der Waals surface area contributed by atoms with Crippen LogP contribution >= 0.6 is 27.7 Å². The fourth-order valence-electron chi connectivity index (χ4n) is 2.62. The van der Waals surface area contributed by atoms with Crippen molar-refractivity contribution in [3.63, 3.8) is 0 Å². The van der Waals surface area contributed by atoms with Crippen LogP contribution in [0.3, 0.4) is 0 Å². The maximum atomic E-state index is 11.3. The molecule has 2 N–H and O–H groups in total. The van der Waals surface area contributed by atoms with Gasteiger partial charge in [0.15, 0.2) is 0 Å². The fourth-order valence-corrected chi connectivity index (χ4v) is 4.07. The number of carboxylic acids is 1. The van der Waals surface area contributed by atoms with Gasteiger partial charge in [0, 0.05) is 21.5 Å². The van der Waals surface area contributed by atoms with E-state index in [0.29, 0.717) is 15.7 Å². The van der Waals surface area contributed by atoms with Gasteiger partial charge in [-0.15, -0.1) is 0 Å². The normalized spacial score (nSPS) is 17.4. The quantitative estimate of drug-likeness (QED) is 0.839. The number of carboxylic acid groups (broad SMARTS) is 1. The van der Waals surface area contributed by atoms with Crippen LogP contribution in [0.15, 0.2) is 22.7 Å². The Labute approximate surface area is 126 Å².